The number of nitrogens with two attached hydrogens (primary N) is 2. The third kappa shape index (κ3) is 4.10. The van der Waals surface area contributed by atoms with Gasteiger partial charge in [-0.2, -0.15) is 0 Å². The molecule has 0 aliphatic carbocycles. The lowest BCUT2D eigenvalue weighted by Crippen LogP contribution is -2.62. The van der Waals surface area contributed by atoms with Crippen LogP contribution in [-0.2, 0) is 14.4 Å². The van der Waals surface area contributed by atoms with Crippen LogP contribution in [0.1, 0.15) is 26.7 Å². The van der Waals surface area contributed by atoms with E-state index in [0.717, 1.165) is 0 Å². The summed E-state index contributed by atoms with van der Waals surface area (Å²) in [6, 6.07) is -2.11. The minimum atomic E-state index is -1.17. The highest BCUT2D eigenvalue weighted by Gasteiger charge is 2.47. The van der Waals surface area contributed by atoms with E-state index in [0.29, 0.717) is 25.7 Å². The van der Waals surface area contributed by atoms with Gasteiger partial charge < -0.3 is 31.4 Å². The van der Waals surface area contributed by atoms with Gasteiger partial charge in [0.15, 0.2) is 0 Å². The summed E-state index contributed by atoms with van der Waals surface area (Å²) in [5.41, 5.74) is 9.87. The van der Waals surface area contributed by atoms with Gasteiger partial charge in [-0.15, -0.1) is 0 Å². The first-order valence-electron chi connectivity index (χ1n) is 7.96. The Morgan fingerprint density at radius 1 is 1.33 bits per heavy atom. The molecule has 1 heterocycles. The van der Waals surface area contributed by atoms with E-state index in [1.165, 1.54) is 23.6 Å². The van der Waals surface area contributed by atoms with Crippen molar-refractivity contribution in [1.29, 1.82) is 0 Å². The molecule has 0 saturated carbocycles. The molecule has 0 radical (unpaired) electrons. The van der Waals surface area contributed by atoms with Crippen molar-refractivity contribution in [2.24, 2.45) is 11.5 Å². The number of aliphatic hydroxyl groups excluding tert-OH is 2. The van der Waals surface area contributed by atoms with Crippen molar-refractivity contribution in [3.8, 4) is 0 Å². The predicted octanol–water partition coefficient (Wildman–Crippen LogP) is -2.58. The minimum absolute atomic E-state index is 0.0350. The number of likely N-dealkylation sites (tertiary alicyclic amines) is 1. The van der Waals surface area contributed by atoms with E-state index >= 15 is 0 Å². The number of carbonyl (C=O) groups is 3. The van der Waals surface area contributed by atoms with Gasteiger partial charge in [0.1, 0.15) is 23.9 Å². The second kappa shape index (κ2) is 8.02. The predicted molar refractivity (Wildman–Crippen MR) is 86.7 cm³/mol. The highest BCUT2D eigenvalue weighted by Crippen LogP contribution is 2.30. The summed E-state index contributed by atoms with van der Waals surface area (Å²) in [6.07, 6.45) is -0.397. The van der Waals surface area contributed by atoms with Gasteiger partial charge in [-0.25, -0.2) is 0 Å². The molecule has 9 nitrogen and oxygen atoms in total. The van der Waals surface area contributed by atoms with Crippen molar-refractivity contribution < 1.29 is 24.6 Å². The Hall–Kier alpha value is -1.55. The van der Waals surface area contributed by atoms with Gasteiger partial charge in [0.05, 0.1) is 12.2 Å². The molecule has 24 heavy (non-hydrogen) atoms. The second-order valence-electron chi connectivity index (χ2n) is 6.58. The molecule has 0 aromatic heterocycles. The van der Waals surface area contributed by atoms with E-state index in [1.54, 1.807) is 7.05 Å². The lowest BCUT2D eigenvalue weighted by atomic mass is 9.95. The molecule has 0 aromatic carbocycles. The van der Waals surface area contributed by atoms with Crippen LogP contribution in [0.25, 0.3) is 0 Å². The van der Waals surface area contributed by atoms with Crippen molar-refractivity contribution in [3.63, 3.8) is 0 Å². The maximum Gasteiger partial charge on any atom is 0.243 e. The number of nitrogens with zero attached hydrogens (tertiary/aromatic N) is 2. The summed E-state index contributed by atoms with van der Waals surface area (Å²) in [4.78, 5) is 38.7. The van der Waals surface area contributed by atoms with E-state index in [9.17, 15) is 24.6 Å². The van der Waals surface area contributed by atoms with Crippen LogP contribution in [0, 0.1) is 0 Å². The molecular weight excluding hydrogens is 316 g/mol. The maximum absolute atomic E-state index is 12.5. The Labute approximate surface area is 141 Å². The van der Waals surface area contributed by atoms with E-state index in [-0.39, 0.29) is 6.54 Å². The lowest BCUT2D eigenvalue weighted by molar-refractivity contribution is -0.144. The SMILES string of the molecule is CC(O)C(N)C(=O)N1CCCC1(C=O)CN(C)C(C(N)=O)C(C)O. The summed E-state index contributed by atoms with van der Waals surface area (Å²) in [7, 11) is 1.56. The first kappa shape index (κ1) is 20.5. The van der Waals surface area contributed by atoms with Crippen LogP contribution in [0.4, 0.5) is 0 Å². The molecule has 0 aromatic rings. The fraction of sp³-hybridized carbons (Fsp3) is 0.800. The van der Waals surface area contributed by atoms with Crippen LogP contribution in [0.3, 0.4) is 0 Å². The van der Waals surface area contributed by atoms with Gasteiger partial charge in [-0.1, -0.05) is 0 Å². The molecular formula is C15H28N4O5. The highest BCUT2D eigenvalue weighted by molar-refractivity contribution is 5.87. The summed E-state index contributed by atoms with van der Waals surface area (Å²) in [5.74, 6) is -1.24. The first-order valence-corrected chi connectivity index (χ1v) is 7.96. The van der Waals surface area contributed by atoms with Crippen molar-refractivity contribution in [3.05, 3.63) is 0 Å². The van der Waals surface area contributed by atoms with Crippen molar-refractivity contribution >= 4 is 18.1 Å². The third-order valence-corrected chi connectivity index (χ3v) is 4.57. The van der Waals surface area contributed by atoms with Crippen molar-refractivity contribution in [1.82, 2.24) is 9.80 Å². The lowest BCUT2D eigenvalue weighted by Gasteiger charge is -2.40. The molecule has 2 amide bonds. The standard InChI is InChI=1S/C15H28N4O5/c1-9(21)11(16)14(24)19-6-4-5-15(19,8-20)7-18(3)12(10(2)22)13(17)23/h8-12,21-22H,4-7,16H2,1-3H3,(H2,17,23). The van der Waals surface area contributed by atoms with Crippen LogP contribution < -0.4 is 11.5 Å². The minimum Gasteiger partial charge on any atom is -0.391 e. The zero-order valence-electron chi connectivity index (χ0n) is 14.4. The number of hydrogen-bond donors (Lipinski definition) is 4. The molecule has 0 bridgehead atoms. The van der Waals surface area contributed by atoms with Gasteiger partial charge in [-0.3, -0.25) is 14.5 Å². The second-order valence-corrected chi connectivity index (χ2v) is 6.58. The molecule has 5 unspecified atom stereocenters. The zero-order valence-corrected chi connectivity index (χ0v) is 14.4. The molecule has 5 atom stereocenters. The number of likely N-dealkylation sites (N-methyl/N-ethyl adjacent to an activating group) is 1. The number of rotatable bonds is 8. The molecule has 138 valence electrons. The first-order chi connectivity index (χ1) is 11.1. The van der Waals surface area contributed by atoms with E-state index in [4.69, 9.17) is 11.5 Å². The van der Waals surface area contributed by atoms with Crippen molar-refractivity contribution in [2.75, 3.05) is 20.1 Å². The average Bonchev–Trinajstić information content (AvgIpc) is 2.88. The molecule has 9 heteroatoms. The number of primary amides is 1. The quantitative estimate of drug-likeness (QED) is 0.353. The Balaban J connectivity index is 3.04. The average molecular weight is 344 g/mol. The van der Waals surface area contributed by atoms with E-state index in [2.05, 4.69) is 0 Å². The Bertz CT molecular complexity index is 484. The molecule has 1 saturated heterocycles. The topological polar surface area (TPSA) is 150 Å². The van der Waals surface area contributed by atoms with Gasteiger partial charge >= 0.3 is 0 Å². The van der Waals surface area contributed by atoms with E-state index in [1.807, 2.05) is 0 Å². The van der Waals surface area contributed by atoms with Gasteiger partial charge in [0, 0.05) is 13.1 Å². The van der Waals surface area contributed by atoms with Crippen LogP contribution in [0.15, 0.2) is 0 Å². The summed E-state index contributed by atoms with van der Waals surface area (Å²) >= 11 is 0. The fourth-order valence-electron chi connectivity index (χ4n) is 3.29. The Kier molecular flexibility index (Phi) is 6.85. The van der Waals surface area contributed by atoms with Gasteiger partial charge in [0.25, 0.3) is 0 Å². The highest BCUT2D eigenvalue weighted by atomic mass is 16.3. The fourth-order valence-corrected chi connectivity index (χ4v) is 3.29. The molecule has 1 aliphatic rings. The van der Waals surface area contributed by atoms with Gasteiger partial charge in [-0.05, 0) is 33.7 Å². The normalized spacial score (nSPS) is 26.0. The monoisotopic (exact) mass is 344 g/mol. The van der Waals surface area contributed by atoms with Crippen molar-refractivity contribution in [2.45, 2.75) is 56.5 Å². The zero-order chi connectivity index (χ0) is 18.7. The molecule has 1 rings (SSSR count). The maximum atomic E-state index is 12.5. The van der Waals surface area contributed by atoms with Crippen LogP contribution in [0.2, 0.25) is 0 Å². The molecule has 6 N–H and O–H groups in total. The number of aliphatic hydroxyl groups is 2. The largest absolute Gasteiger partial charge is 0.391 e. The Morgan fingerprint density at radius 2 is 1.92 bits per heavy atom. The summed E-state index contributed by atoms with van der Waals surface area (Å²) in [5, 5.41) is 19.3. The van der Waals surface area contributed by atoms with E-state index < -0.39 is 41.6 Å². The molecule has 0 spiro atoms. The molecule has 1 aliphatic heterocycles. The number of carbonyl (C=O) groups excluding carboxylic acids is 3. The number of hydrogen-bond acceptors (Lipinski definition) is 7. The Morgan fingerprint density at radius 3 is 2.33 bits per heavy atom. The van der Waals surface area contributed by atoms with Gasteiger partial charge in [0.2, 0.25) is 11.8 Å². The molecule has 1 fully saturated rings. The smallest absolute Gasteiger partial charge is 0.243 e. The van der Waals surface area contributed by atoms with Crippen LogP contribution in [0.5, 0.6) is 0 Å². The third-order valence-electron chi connectivity index (χ3n) is 4.57. The number of aldehydes is 1. The van der Waals surface area contributed by atoms with Crippen LogP contribution >= 0.6 is 0 Å². The van der Waals surface area contributed by atoms with Crippen LogP contribution in [-0.4, -0.2) is 88.1 Å². The summed E-state index contributed by atoms with van der Waals surface area (Å²) < 4.78 is 0. The summed E-state index contributed by atoms with van der Waals surface area (Å²) in [6.45, 7) is 3.21. The number of amides is 2.